The van der Waals surface area contributed by atoms with Crippen molar-refractivity contribution in [1.29, 1.82) is 0 Å². The first-order valence-electron chi connectivity index (χ1n) is 6.60. The van der Waals surface area contributed by atoms with E-state index in [1.165, 1.54) is 0 Å². The lowest BCUT2D eigenvalue weighted by Gasteiger charge is -2.07. The molecular formula is C15H13BrN4O2. The molecule has 0 spiro atoms. The third-order valence-corrected chi connectivity index (χ3v) is 3.39. The Hall–Kier alpha value is -2.41. The van der Waals surface area contributed by atoms with Gasteiger partial charge in [-0.15, -0.1) is 0 Å². The maximum atomic E-state index is 11.9. The highest BCUT2D eigenvalue weighted by Gasteiger charge is 2.08. The predicted molar refractivity (Wildman–Crippen MR) is 86.0 cm³/mol. The van der Waals surface area contributed by atoms with Crippen molar-refractivity contribution in [2.45, 2.75) is 6.92 Å². The summed E-state index contributed by atoms with van der Waals surface area (Å²) < 4.78 is 8.27. The molecule has 0 unspecified atom stereocenters. The van der Waals surface area contributed by atoms with Gasteiger partial charge < -0.3 is 14.5 Å². The van der Waals surface area contributed by atoms with Crippen LogP contribution in [0.3, 0.4) is 0 Å². The molecule has 3 aromatic rings. The Bertz CT molecular complexity index is 814. The summed E-state index contributed by atoms with van der Waals surface area (Å²) >= 11 is 3.29. The molecule has 7 heteroatoms. The number of carbonyl (C=O) groups is 1. The molecule has 0 bridgehead atoms. The van der Waals surface area contributed by atoms with E-state index in [0.717, 1.165) is 10.2 Å². The Kier molecular flexibility index (Phi) is 4.06. The highest BCUT2D eigenvalue weighted by Crippen LogP contribution is 2.18. The number of aryl methyl sites for hydroxylation is 1. The second-order valence-corrected chi connectivity index (χ2v) is 5.60. The van der Waals surface area contributed by atoms with E-state index >= 15 is 0 Å². The first kappa shape index (κ1) is 14.5. The van der Waals surface area contributed by atoms with Gasteiger partial charge in [-0.3, -0.25) is 4.79 Å². The van der Waals surface area contributed by atoms with Crippen LogP contribution in [-0.2, 0) is 4.79 Å². The van der Waals surface area contributed by atoms with E-state index in [0.29, 0.717) is 17.2 Å². The van der Waals surface area contributed by atoms with Crippen LogP contribution >= 0.6 is 15.9 Å². The first-order chi connectivity index (χ1) is 10.6. The second kappa shape index (κ2) is 6.15. The normalized spacial score (nSPS) is 10.6. The number of aromatic nitrogens is 3. The summed E-state index contributed by atoms with van der Waals surface area (Å²) in [6, 6.07) is 7.14. The van der Waals surface area contributed by atoms with Crippen LogP contribution in [0, 0.1) is 6.92 Å². The van der Waals surface area contributed by atoms with Gasteiger partial charge in [-0.1, -0.05) is 0 Å². The monoisotopic (exact) mass is 360 g/mol. The third-order valence-electron chi connectivity index (χ3n) is 2.92. The van der Waals surface area contributed by atoms with E-state index in [1.807, 2.05) is 29.8 Å². The zero-order chi connectivity index (χ0) is 15.5. The second-order valence-electron chi connectivity index (χ2n) is 4.68. The van der Waals surface area contributed by atoms with E-state index in [2.05, 4.69) is 31.2 Å². The molecule has 3 heterocycles. The number of hydrogen-bond donors (Lipinski definition) is 1. The number of rotatable bonds is 4. The van der Waals surface area contributed by atoms with Crippen LogP contribution in [0.25, 0.3) is 5.65 Å². The van der Waals surface area contributed by atoms with Crippen LogP contribution in [0.4, 0.5) is 5.82 Å². The van der Waals surface area contributed by atoms with Crippen molar-refractivity contribution < 1.29 is 9.53 Å². The summed E-state index contributed by atoms with van der Waals surface area (Å²) in [6.07, 6.45) is 5.40. The van der Waals surface area contributed by atoms with Gasteiger partial charge in [-0.25, -0.2) is 9.97 Å². The predicted octanol–water partition coefficient (Wildman–Crippen LogP) is 2.82. The lowest BCUT2D eigenvalue weighted by atomic mass is 10.4. The minimum absolute atomic E-state index is 0.108. The minimum Gasteiger partial charge on any atom is -0.480 e. The van der Waals surface area contributed by atoms with Gasteiger partial charge >= 0.3 is 0 Å². The lowest BCUT2D eigenvalue weighted by molar-refractivity contribution is -0.118. The number of anilines is 1. The molecule has 22 heavy (non-hydrogen) atoms. The summed E-state index contributed by atoms with van der Waals surface area (Å²) in [4.78, 5) is 20.3. The fraction of sp³-hybridized carbons (Fsp3) is 0.133. The standard InChI is InChI=1S/C15H13BrN4O2/c1-10-8-20-6-2-3-12(15(20)18-10)22-9-14(21)19-13-5-4-11(16)7-17-13/h2-8H,9H2,1H3,(H,17,19,21). The highest BCUT2D eigenvalue weighted by atomic mass is 79.9. The van der Waals surface area contributed by atoms with E-state index in [9.17, 15) is 4.79 Å². The average molecular weight is 361 g/mol. The molecule has 0 aromatic carbocycles. The molecule has 0 aliphatic heterocycles. The van der Waals surface area contributed by atoms with Crippen molar-refractivity contribution in [3.63, 3.8) is 0 Å². The number of imidazole rings is 1. The van der Waals surface area contributed by atoms with Gasteiger partial charge in [0.2, 0.25) is 0 Å². The molecule has 112 valence electrons. The van der Waals surface area contributed by atoms with E-state index in [4.69, 9.17) is 4.74 Å². The Morgan fingerprint density at radius 1 is 1.41 bits per heavy atom. The average Bonchev–Trinajstić information content (AvgIpc) is 2.88. The first-order valence-corrected chi connectivity index (χ1v) is 7.39. The molecule has 0 radical (unpaired) electrons. The quantitative estimate of drug-likeness (QED) is 0.776. The molecule has 0 saturated carbocycles. The summed E-state index contributed by atoms with van der Waals surface area (Å²) in [5.74, 6) is 0.765. The van der Waals surface area contributed by atoms with Crippen molar-refractivity contribution >= 4 is 33.3 Å². The van der Waals surface area contributed by atoms with E-state index < -0.39 is 0 Å². The number of pyridine rings is 2. The SMILES string of the molecule is Cc1cn2cccc(OCC(=O)Nc3ccc(Br)cn3)c2n1. The van der Waals surface area contributed by atoms with Crippen LogP contribution in [-0.4, -0.2) is 26.9 Å². The highest BCUT2D eigenvalue weighted by molar-refractivity contribution is 9.10. The van der Waals surface area contributed by atoms with Gasteiger partial charge in [0, 0.05) is 23.1 Å². The van der Waals surface area contributed by atoms with Gasteiger partial charge in [0.15, 0.2) is 18.0 Å². The summed E-state index contributed by atoms with van der Waals surface area (Å²) in [5, 5.41) is 2.67. The number of carbonyl (C=O) groups excluding carboxylic acids is 1. The Balaban J connectivity index is 1.66. The molecule has 0 fully saturated rings. The van der Waals surface area contributed by atoms with Crippen LogP contribution in [0.15, 0.2) is 47.3 Å². The fourth-order valence-electron chi connectivity index (χ4n) is 1.99. The topological polar surface area (TPSA) is 68.5 Å². The zero-order valence-electron chi connectivity index (χ0n) is 11.8. The van der Waals surface area contributed by atoms with E-state index in [-0.39, 0.29) is 12.5 Å². The van der Waals surface area contributed by atoms with Gasteiger partial charge in [0.25, 0.3) is 5.91 Å². The maximum absolute atomic E-state index is 11.9. The maximum Gasteiger partial charge on any atom is 0.263 e. The number of hydrogen-bond acceptors (Lipinski definition) is 4. The number of amides is 1. The Morgan fingerprint density at radius 3 is 3.05 bits per heavy atom. The summed E-state index contributed by atoms with van der Waals surface area (Å²) in [5.41, 5.74) is 1.58. The Morgan fingerprint density at radius 2 is 2.27 bits per heavy atom. The van der Waals surface area contributed by atoms with Crippen molar-refractivity contribution in [1.82, 2.24) is 14.4 Å². The fourth-order valence-corrected chi connectivity index (χ4v) is 2.23. The molecule has 1 N–H and O–H groups in total. The molecule has 1 amide bonds. The van der Waals surface area contributed by atoms with E-state index in [1.54, 1.807) is 24.4 Å². The molecular weight excluding hydrogens is 348 g/mol. The van der Waals surface area contributed by atoms with Crippen LogP contribution in [0.2, 0.25) is 0 Å². The molecule has 3 rings (SSSR count). The summed E-state index contributed by atoms with van der Waals surface area (Å²) in [7, 11) is 0. The molecule has 0 aliphatic carbocycles. The van der Waals surface area contributed by atoms with Gasteiger partial charge in [-0.2, -0.15) is 0 Å². The van der Waals surface area contributed by atoms with Crippen molar-refractivity contribution in [2.75, 3.05) is 11.9 Å². The molecule has 0 atom stereocenters. The molecule has 6 nitrogen and oxygen atoms in total. The minimum atomic E-state index is -0.278. The van der Waals surface area contributed by atoms with Crippen molar-refractivity contribution in [3.05, 3.63) is 53.0 Å². The largest absolute Gasteiger partial charge is 0.480 e. The number of ether oxygens (including phenoxy) is 1. The number of fused-ring (bicyclic) bond motifs is 1. The smallest absolute Gasteiger partial charge is 0.263 e. The van der Waals surface area contributed by atoms with Gasteiger partial charge in [0.05, 0.1) is 5.69 Å². The van der Waals surface area contributed by atoms with Crippen LogP contribution < -0.4 is 10.1 Å². The number of nitrogens with zero attached hydrogens (tertiary/aromatic N) is 3. The summed E-state index contributed by atoms with van der Waals surface area (Å²) in [6.45, 7) is 1.80. The zero-order valence-corrected chi connectivity index (χ0v) is 13.4. The van der Waals surface area contributed by atoms with Crippen molar-refractivity contribution in [2.24, 2.45) is 0 Å². The van der Waals surface area contributed by atoms with Crippen molar-refractivity contribution in [3.8, 4) is 5.75 Å². The van der Waals surface area contributed by atoms with Crippen LogP contribution in [0.1, 0.15) is 5.69 Å². The Labute approximate surface area is 135 Å². The molecule has 0 aliphatic rings. The number of nitrogens with one attached hydrogen (secondary N) is 1. The molecule has 3 aromatic heterocycles. The lowest BCUT2D eigenvalue weighted by Crippen LogP contribution is -2.20. The van der Waals surface area contributed by atoms with Crippen LogP contribution in [0.5, 0.6) is 5.75 Å². The van der Waals surface area contributed by atoms with Gasteiger partial charge in [-0.05, 0) is 47.1 Å². The number of halogens is 1. The van der Waals surface area contributed by atoms with Gasteiger partial charge in [0.1, 0.15) is 5.82 Å². The molecule has 0 saturated heterocycles. The third kappa shape index (κ3) is 3.25.